The molecule has 0 aliphatic rings. The number of anilines is 3. The number of fused-ring (bicyclic) bond motifs is 3. The molecular formula is C37H29N4OPt-. The number of rotatable bonds is 6. The molecule has 0 amide bonds. The minimum absolute atomic E-state index is 0. The van der Waals surface area contributed by atoms with Crippen molar-refractivity contribution in [1.82, 2.24) is 14.5 Å². The summed E-state index contributed by atoms with van der Waals surface area (Å²) in [6.07, 6.45) is 1.81. The van der Waals surface area contributed by atoms with Crippen molar-refractivity contribution in [3.8, 4) is 22.7 Å². The molecule has 214 valence electrons. The van der Waals surface area contributed by atoms with Gasteiger partial charge >= 0.3 is 0 Å². The van der Waals surface area contributed by atoms with Crippen molar-refractivity contribution < 1.29 is 26.2 Å². The first kappa shape index (κ1) is 28.4. The van der Waals surface area contributed by atoms with Gasteiger partial charge in [0, 0.05) is 43.7 Å². The molecule has 6 heteroatoms. The maximum absolute atomic E-state index is 10.8. The zero-order valence-corrected chi connectivity index (χ0v) is 26.0. The molecule has 0 atom stereocenters. The zero-order valence-electron chi connectivity index (χ0n) is 23.8. The number of phenols is 1. The molecule has 3 heterocycles. The standard InChI is InChI=1S/C37H29N4O.Pt/c1-25(2)26-22-27(24-29(23-26)40(28-12-4-3-5-13-28)36-18-10-11-21-38-36)32-20-19-31-30-14-6-7-15-33(30)41(37(31)39-32)34-16-8-9-17-35(34)42;/h3-23,25,42H,1-2H3;/q-1;. The van der Waals surface area contributed by atoms with Gasteiger partial charge in [-0.2, -0.15) is 0 Å². The Kier molecular flexibility index (Phi) is 7.84. The van der Waals surface area contributed by atoms with Gasteiger partial charge in [0.1, 0.15) is 17.2 Å². The van der Waals surface area contributed by atoms with Crippen molar-refractivity contribution in [2.45, 2.75) is 19.8 Å². The van der Waals surface area contributed by atoms with E-state index in [0.717, 1.165) is 50.4 Å². The third kappa shape index (κ3) is 5.22. The summed E-state index contributed by atoms with van der Waals surface area (Å²) < 4.78 is 2.04. The summed E-state index contributed by atoms with van der Waals surface area (Å²) in [6, 6.07) is 44.0. The van der Waals surface area contributed by atoms with Gasteiger partial charge in [0.25, 0.3) is 0 Å². The van der Waals surface area contributed by atoms with Crippen LogP contribution in [-0.2, 0) is 21.1 Å². The van der Waals surface area contributed by atoms with E-state index < -0.39 is 0 Å². The summed E-state index contributed by atoms with van der Waals surface area (Å²) in [7, 11) is 0. The molecule has 7 aromatic rings. The molecule has 0 bridgehead atoms. The van der Waals surface area contributed by atoms with Crippen LogP contribution >= 0.6 is 0 Å². The maximum atomic E-state index is 10.8. The molecular weight excluding hydrogens is 712 g/mol. The van der Waals surface area contributed by atoms with E-state index in [1.54, 1.807) is 6.07 Å². The van der Waals surface area contributed by atoms with Crippen molar-refractivity contribution >= 4 is 39.1 Å². The normalized spacial score (nSPS) is 11.1. The van der Waals surface area contributed by atoms with E-state index >= 15 is 0 Å². The monoisotopic (exact) mass is 740 g/mol. The number of pyridine rings is 2. The summed E-state index contributed by atoms with van der Waals surface area (Å²) in [4.78, 5) is 12.1. The predicted octanol–water partition coefficient (Wildman–Crippen LogP) is 9.34. The molecule has 0 radical (unpaired) electrons. The fraction of sp³-hybridized carbons (Fsp3) is 0.0811. The molecule has 43 heavy (non-hydrogen) atoms. The topological polar surface area (TPSA) is 54.2 Å². The molecule has 0 saturated heterocycles. The number of aromatic hydroxyl groups is 1. The van der Waals surface area contributed by atoms with Crippen molar-refractivity contribution in [3.05, 3.63) is 139 Å². The molecule has 5 nitrogen and oxygen atoms in total. The van der Waals surface area contributed by atoms with Crippen molar-refractivity contribution in [2.75, 3.05) is 4.90 Å². The van der Waals surface area contributed by atoms with Gasteiger partial charge in [-0.3, -0.25) is 9.55 Å². The van der Waals surface area contributed by atoms with Crippen LogP contribution in [0.2, 0.25) is 0 Å². The van der Waals surface area contributed by atoms with E-state index in [9.17, 15) is 5.11 Å². The van der Waals surface area contributed by atoms with Gasteiger partial charge in [0.2, 0.25) is 0 Å². The number of nitrogens with zero attached hydrogens (tertiary/aromatic N) is 4. The van der Waals surface area contributed by atoms with Crippen molar-refractivity contribution in [1.29, 1.82) is 0 Å². The van der Waals surface area contributed by atoms with E-state index in [1.165, 1.54) is 5.56 Å². The fourth-order valence-electron chi connectivity index (χ4n) is 5.51. The molecule has 0 saturated carbocycles. The molecule has 1 N–H and O–H groups in total. The van der Waals surface area contributed by atoms with E-state index in [1.807, 2.05) is 77.5 Å². The van der Waals surface area contributed by atoms with Gasteiger partial charge in [0.05, 0.1) is 11.2 Å². The summed E-state index contributed by atoms with van der Waals surface area (Å²) in [6.45, 7) is 4.40. The Balaban J connectivity index is 0.00000329. The van der Waals surface area contributed by atoms with E-state index in [0.29, 0.717) is 5.69 Å². The maximum Gasteiger partial charge on any atom is 0.139 e. The average molecular weight is 741 g/mol. The Labute approximate surface area is 265 Å². The molecule has 0 aliphatic heterocycles. The number of phenolic OH excluding ortho intramolecular Hbond substituents is 1. The Hall–Kier alpha value is -4.73. The van der Waals surface area contributed by atoms with Crippen LogP contribution in [0, 0.1) is 6.07 Å². The van der Waals surface area contributed by atoms with Crippen molar-refractivity contribution in [3.63, 3.8) is 0 Å². The number of benzene rings is 4. The van der Waals surface area contributed by atoms with Crippen LogP contribution in [0.3, 0.4) is 0 Å². The minimum Gasteiger partial charge on any atom is -0.506 e. The van der Waals surface area contributed by atoms with Crippen LogP contribution in [-0.4, -0.2) is 19.6 Å². The third-order valence-electron chi connectivity index (χ3n) is 7.60. The molecule has 4 aromatic carbocycles. The second kappa shape index (κ2) is 11.9. The van der Waals surface area contributed by atoms with Gasteiger partial charge in [-0.1, -0.05) is 80.6 Å². The molecule has 0 aliphatic carbocycles. The smallest absolute Gasteiger partial charge is 0.139 e. The second-order valence-corrected chi connectivity index (χ2v) is 10.6. The number of hydrogen-bond acceptors (Lipinski definition) is 4. The number of hydrogen-bond donors (Lipinski definition) is 1. The Bertz CT molecular complexity index is 2000. The first-order valence-electron chi connectivity index (χ1n) is 14.1. The van der Waals surface area contributed by atoms with Gasteiger partial charge in [-0.15, -0.1) is 29.3 Å². The summed E-state index contributed by atoms with van der Waals surface area (Å²) in [5.41, 5.74) is 7.24. The largest absolute Gasteiger partial charge is 0.506 e. The quantitative estimate of drug-likeness (QED) is 0.173. The van der Waals surface area contributed by atoms with Crippen LogP contribution in [0.25, 0.3) is 38.9 Å². The van der Waals surface area contributed by atoms with Gasteiger partial charge in [-0.25, -0.2) is 4.98 Å². The van der Waals surface area contributed by atoms with Crippen LogP contribution in [0.5, 0.6) is 5.75 Å². The first-order valence-corrected chi connectivity index (χ1v) is 14.1. The molecule has 0 fully saturated rings. The van der Waals surface area contributed by atoms with Crippen molar-refractivity contribution in [2.24, 2.45) is 0 Å². The van der Waals surface area contributed by atoms with E-state index in [4.69, 9.17) is 9.97 Å². The zero-order chi connectivity index (χ0) is 28.6. The SMILES string of the molecule is CC(C)c1cc(-c2ccc3c4ccccc4n(-c4ccccc4O)c3n2)[c-]c(N(c2ccccc2)c2ccccn2)c1.[Pt]. The van der Waals surface area contributed by atoms with E-state index in [2.05, 4.69) is 73.3 Å². The summed E-state index contributed by atoms with van der Waals surface area (Å²) >= 11 is 0. The Morgan fingerprint density at radius 1 is 0.767 bits per heavy atom. The van der Waals surface area contributed by atoms with Crippen LogP contribution < -0.4 is 4.90 Å². The fourth-order valence-corrected chi connectivity index (χ4v) is 5.51. The van der Waals surface area contributed by atoms with Crippen LogP contribution in [0.15, 0.2) is 128 Å². The Morgan fingerprint density at radius 3 is 2.28 bits per heavy atom. The predicted molar refractivity (Wildman–Crippen MR) is 171 cm³/mol. The molecule has 7 rings (SSSR count). The third-order valence-corrected chi connectivity index (χ3v) is 7.60. The average Bonchev–Trinajstić information content (AvgIpc) is 3.36. The number of para-hydroxylation sites is 4. The molecule has 0 spiro atoms. The Morgan fingerprint density at radius 2 is 1.51 bits per heavy atom. The van der Waals surface area contributed by atoms with Crippen LogP contribution in [0.4, 0.5) is 17.2 Å². The minimum atomic E-state index is 0. The molecule has 3 aromatic heterocycles. The van der Waals surface area contributed by atoms with Gasteiger partial charge < -0.3 is 10.0 Å². The first-order chi connectivity index (χ1) is 20.6. The van der Waals surface area contributed by atoms with E-state index in [-0.39, 0.29) is 32.7 Å². The van der Waals surface area contributed by atoms with Gasteiger partial charge in [0.15, 0.2) is 0 Å². The second-order valence-electron chi connectivity index (χ2n) is 10.6. The molecule has 0 unspecified atom stereocenters. The summed E-state index contributed by atoms with van der Waals surface area (Å²) in [5, 5.41) is 12.9. The summed E-state index contributed by atoms with van der Waals surface area (Å²) in [5.74, 6) is 1.31. The van der Waals surface area contributed by atoms with Gasteiger partial charge in [-0.05, 0) is 59.8 Å². The number of aromatic nitrogens is 3. The van der Waals surface area contributed by atoms with Crippen LogP contribution in [0.1, 0.15) is 25.3 Å².